The zero-order valence-electron chi connectivity index (χ0n) is 9.74. The van der Waals surface area contributed by atoms with Gasteiger partial charge in [0.1, 0.15) is 11.6 Å². The number of halogens is 3. The first-order chi connectivity index (χ1) is 8.59. The molecule has 0 unspecified atom stereocenters. The number of nitrogens with zero attached hydrogens (tertiary/aromatic N) is 1. The minimum atomic E-state index is -2.66. The van der Waals surface area contributed by atoms with Gasteiger partial charge >= 0.3 is 0 Å². The van der Waals surface area contributed by atoms with Crippen molar-refractivity contribution >= 4 is 0 Å². The van der Waals surface area contributed by atoms with Crippen LogP contribution in [0.2, 0.25) is 0 Å². The van der Waals surface area contributed by atoms with Gasteiger partial charge in [0.2, 0.25) is 0 Å². The van der Waals surface area contributed by atoms with Gasteiger partial charge in [-0.05, 0) is 6.07 Å². The van der Waals surface area contributed by atoms with Gasteiger partial charge in [-0.2, -0.15) is 0 Å². The molecule has 0 aromatic heterocycles. The molecule has 0 radical (unpaired) electrons. The average Bonchev–Trinajstić information content (AvgIpc) is 2.33. The van der Waals surface area contributed by atoms with Crippen molar-refractivity contribution in [1.29, 1.82) is 0 Å². The van der Waals surface area contributed by atoms with Crippen LogP contribution in [0, 0.1) is 5.82 Å². The maximum absolute atomic E-state index is 13.7. The van der Waals surface area contributed by atoms with Crippen molar-refractivity contribution < 1.29 is 18.3 Å². The predicted octanol–water partition coefficient (Wildman–Crippen LogP) is 1.74. The third kappa shape index (κ3) is 2.76. The number of phenolic OH excluding ortho intramolecular Hbond substituents is 1. The lowest BCUT2D eigenvalue weighted by Gasteiger charge is -2.34. The molecule has 1 aliphatic heterocycles. The van der Waals surface area contributed by atoms with E-state index in [-0.39, 0.29) is 11.3 Å². The topological polar surface area (TPSA) is 35.5 Å². The maximum Gasteiger partial charge on any atom is 0.258 e. The second-order valence-corrected chi connectivity index (χ2v) is 4.27. The van der Waals surface area contributed by atoms with E-state index >= 15 is 0 Å². The lowest BCUT2D eigenvalue weighted by atomic mass is 10.0. The third-order valence-corrected chi connectivity index (χ3v) is 3.09. The van der Waals surface area contributed by atoms with Crippen molar-refractivity contribution in [1.82, 2.24) is 10.2 Å². The molecule has 0 spiro atoms. The van der Waals surface area contributed by atoms with E-state index in [0.717, 1.165) is 6.07 Å². The summed E-state index contributed by atoms with van der Waals surface area (Å²) in [4.78, 5) is 1.57. The first kappa shape index (κ1) is 13.2. The Hall–Kier alpha value is -1.27. The number of alkyl halides is 2. The number of rotatable bonds is 3. The van der Waals surface area contributed by atoms with Crippen molar-refractivity contribution in [3.63, 3.8) is 0 Å². The molecule has 1 aromatic rings. The molecule has 18 heavy (non-hydrogen) atoms. The first-order valence-corrected chi connectivity index (χ1v) is 5.81. The van der Waals surface area contributed by atoms with E-state index in [9.17, 15) is 13.2 Å². The van der Waals surface area contributed by atoms with Crippen molar-refractivity contribution in [2.45, 2.75) is 12.5 Å². The van der Waals surface area contributed by atoms with Crippen LogP contribution in [-0.4, -0.2) is 42.6 Å². The van der Waals surface area contributed by atoms with Gasteiger partial charge in [0.25, 0.3) is 6.43 Å². The van der Waals surface area contributed by atoms with Crippen molar-refractivity contribution in [2.24, 2.45) is 0 Å². The molecule has 0 amide bonds. The summed E-state index contributed by atoms with van der Waals surface area (Å²) in [5, 5.41) is 12.2. The van der Waals surface area contributed by atoms with Gasteiger partial charge < -0.3 is 10.4 Å². The minimum absolute atomic E-state index is 0.0651. The fourth-order valence-electron chi connectivity index (χ4n) is 2.21. The van der Waals surface area contributed by atoms with Crippen LogP contribution in [0.5, 0.6) is 5.75 Å². The first-order valence-electron chi connectivity index (χ1n) is 5.81. The van der Waals surface area contributed by atoms with E-state index in [1.807, 2.05) is 0 Å². The molecule has 1 saturated heterocycles. The normalized spacial score (nSPS) is 19.1. The summed E-state index contributed by atoms with van der Waals surface area (Å²) in [5.41, 5.74) is -0.0651. The van der Waals surface area contributed by atoms with E-state index in [4.69, 9.17) is 5.11 Å². The zero-order valence-corrected chi connectivity index (χ0v) is 9.74. The Bertz CT molecular complexity index is 408. The molecule has 100 valence electrons. The number of hydrogen-bond acceptors (Lipinski definition) is 3. The number of hydrogen-bond donors (Lipinski definition) is 2. The molecule has 1 atom stereocenters. The van der Waals surface area contributed by atoms with E-state index in [0.29, 0.717) is 26.2 Å². The van der Waals surface area contributed by atoms with Crippen LogP contribution in [0.1, 0.15) is 11.6 Å². The van der Waals surface area contributed by atoms with Crippen LogP contribution in [0.4, 0.5) is 13.2 Å². The predicted molar refractivity (Wildman–Crippen MR) is 61.3 cm³/mol. The Morgan fingerprint density at radius 1 is 1.22 bits per heavy atom. The van der Waals surface area contributed by atoms with Crippen molar-refractivity contribution in [3.8, 4) is 5.75 Å². The molecule has 1 aromatic carbocycles. The highest BCUT2D eigenvalue weighted by Crippen LogP contribution is 2.31. The summed E-state index contributed by atoms with van der Waals surface area (Å²) in [5.74, 6) is -1.05. The largest absolute Gasteiger partial charge is 0.508 e. The average molecular weight is 260 g/mol. The van der Waals surface area contributed by atoms with E-state index in [2.05, 4.69) is 5.32 Å². The molecule has 6 heteroatoms. The SMILES string of the molecule is Oc1ccc([C@H](C(F)F)N2CCNCC2)c(F)c1. The van der Waals surface area contributed by atoms with Gasteiger partial charge in [-0.1, -0.05) is 6.07 Å². The van der Waals surface area contributed by atoms with Crippen LogP contribution in [-0.2, 0) is 0 Å². The van der Waals surface area contributed by atoms with E-state index < -0.39 is 18.3 Å². The maximum atomic E-state index is 13.7. The second-order valence-electron chi connectivity index (χ2n) is 4.27. The number of aromatic hydroxyl groups is 1. The third-order valence-electron chi connectivity index (χ3n) is 3.09. The Balaban J connectivity index is 2.28. The lowest BCUT2D eigenvalue weighted by molar-refractivity contribution is 0.0163. The number of nitrogens with one attached hydrogen (secondary N) is 1. The summed E-state index contributed by atoms with van der Waals surface area (Å²) in [6.07, 6.45) is -2.66. The summed E-state index contributed by atoms with van der Waals surface area (Å²) in [6.45, 7) is 2.14. The Kier molecular flexibility index (Phi) is 4.08. The Morgan fingerprint density at radius 2 is 1.89 bits per heavy atom. The fraction of sp³-hybridized carbons (Fsp3) is 0.500. The van der Waals surface area contributed by atoms with Crippen LogP contribution >= 0.6 is 0 Å². The molecule has 2 rings (SSSR count). The summed E-state index contributed by atoms with van der Waals surface area (Å²) < 4.78 is 40.0. The van der Waals surface area contributed by atoms with Crippen molar-refractivity contribution in [3.05, 3.63) is 29.6 Å². The molecular weight excluding hydrogens is 245 g/mol. The van der Waals surface area contributed by atoms with Gasteiger partial charge in [0.15, 0.2) is 0 Å². The van der Waals surface area contributed by atoms with Crippen LogP contribution in [0.15, 0.2) is 18.2 Å². The zero-order chi connectivity index (χ0) is 13.1. The smallest absolute Gasteiger partial charge is 0.258 e. The Labute approximate surface area is 103 Å². The van der Waals surface area contributed by atoms with Gasteiger partial charge in [-0.15, -0.1) is 0 Å². The number of phenols is 1. The van der Waals surface area contributed by atoms with Crippen molar-refractivity contribution in [2.75, 3.05) is 26.2 Å². The van der Waals surface area contributed by atoms with Crippen LogP contribution in [0.3, 0.4) is 0 Å². The fourth-order valence-corrected chi connectivity index (χ4v) is 2.21. The van der Waals surface area contributed by atoms with E-state index in [1.165, 1.54) is 12.1 Å². The molecule has 1 heterocycles. The molecule has 0 aliphatic carbocycles. The molecule has 0 bridgehead atoms. The van der Waals surface area contributed by atoms with Gasteiger partial charge in [0.05, 0.1) is 6.04 Å². The Morgan fingerprint density at radius 3 is 2.44 bits per heavy atom. The van der Waals surface area contributed by atoms with E-state index in [1.54, 1.807) is 4.90 Å². The van der Waals surface area contributed by atoms with Crippen LogP contribution in [0.25, 0.3) is 0 Å². The minimum Gasteiger partial charge on any atom is -0.508 e. The summed E-state index contributed by atoms with van der Waals surface area (Å²) >= 11 is 0. The summed E-state index contributed by atoms with van der Waals surface area (Å²) in [7, 11) is 0. The summed E-state index contributed by atoms with van der Waals surface area (Å²) in [6, 6.07) is 2.07. The lowest BCUT2D eigenvalue weighted by Crippen LogP contribution is -2.47. The highest BCUT2D eigenvalue weighted by molar-refractivity contribution is 5.30. The highest BCUT2D eigenvalue weighted by atomic mass is 19.3. The van der Waals surface area contributed by atoms with Gasteiger partial charge in [-0.3, -0.25) is 4.90 Å². The quantitative estimate of drug-likeness (QED) is 0.869. The standard InChI is InChI=1S/C12H15F3N2O/c13-10-7-8(18)1-2-9(10)11(12(14)15)17-5-3-16-4-6-17/h1-2,7,11-12,16,18H,3-6H2/t11-/m1/s1. The molecule has 3 nitrogen and oxygen atoms in total. The van der Waals surface area contributed by atoms with Gasteiger partial charge in [-0.25, -0.2) is 13.2 Å². The number of benzene rings is 1. The molecule has 1 fully saturated rings. The highest BCUT2D eigenvalue weighted by Gasteiger charge is 2.32. The molecular formula is C12H15F3N2O. The molecule has 0 saturated carbocycles. The van der Waals surface area contributed by atoms with Crippen LogP contribution < -0.4 is 5.32 Å². The van der Waals surface area contributed by atoms with Gasteiger partial charge in [0, 0.05) is 37.8 Å². The molecule has 2 N–H and O–H groups in total. The number of piperazine rings is 1. The second kappa shape index (κ2) is 5.58. The monoisotopic (exact) mass is 260 g/mol. The molecule has 1 aliphatic rings.